The van der Waals surface area contributed by atoms with Gasteiger partial charge < -0.3 is 29.7 Å². The maximum atomic E-state index is 10.0. The van der Waals surface area contributed by atoms with E-state index in [-0.39, 0.29) is 96.9 Å². The van der Waals surface area contributed by atoms with Crippen LogP contribution in [0.1, 0.15) is 159 Å². The Morgan fingerprint density at radius 1 is 0.421 bits per heavy atom. The first-order chi connectivity index (χ1) is 16.2. The predicted molar refractivity (Wildman–Crippen MR) is 148 cm³/mol. The third-order valence-corrected chi connectivity index (χ3v) is 5.42. The molecule has 0 fully saturated rings. The van der Waals surface area contributed by atoms with Crippen LogP contribution in [0.15, 0.2) is 0 Å². The van der Waals surface area contributed by atoms with Crippen LogP contribution in [0.4, 0.5) is 0 Å². The van der Waals surface area contributed by atoms with Crippen LogP contribution in [-0.4, -0.2) is 44.1 Å². The van der Waals surface area contributed by atoms with Crippen LogP contribution >= 0.6 is 0 Å². The summed E-state index contributed by atoms with van der Waals surface area (Å²) >= 11 is 0. The number of unbranched alkanes of at least 4 members (excludes halogenated alkanes) is 6. The average molecular weight is 762 g/mol. The van der Waals surface area contributed by atoms with E-state index in [1.165, 1.54) is 19.3 Å². The number of carboxylic acids is 3. The van der Waals surface area contributed by atoms with Gasteiger partial charge in [0.05, 0.1) is 0 Å². The fraction of sp³-hybridized carbons (Fsp3) is 0.900. The van der Waals surface area contributed by atoms with E-state index in [1.54, 1.807) is 0 Å². The average Bonchev–Trinajstić information content (AvgIpc) is 2.65. The van der Waals surface area contributed by atoms with Crippen molar-refractivity contribution < 1.29 is 81.1 Å². The standard InChI is InChI=1S/3C10H20O2.Bi.K/c3*1-10(2,3)8-6-4-5-7-9(11)12;;/h3*4-8H2,1-3H3,(H,11,12);;/q;;;+3;+1/p-3. The van der Waals surface area contributed by atoms with Crippen molar-refractivity contribution in [1.29, 1.82) is 0 Å². The SMILES string of the molecule is CC(C)(C)CCCCCC(=O)[O-].CC(C)(C)CCCCCC(=O)[O-].CC(C)(C)CCCCCC(=O)[O-].[Bi+3].[K+]. The van der Waals surface area contributed by atoms with Crippen molar-refractivity contribution in [2.24, 2.45) is 16.2 Å². The van der Waals surface area contributed by atoms with E-state index in [1.807, 2.05) is 0 Å². The smallest absolute Gasteiger partial charge is 0.550 e. The summed E-state index contributed by atoms with van der Waals surface area (Å²) < 4.78 is 0. The van der Waals surface area contributed by atoms with Gasteiger partial charge in [-0.3, -0.25) is 0 Å². The van der Waals surface area contributed by atoms with Crippen molar-refractivity contribution in [3.05, 3.63) is 0 Å². The first-order valence-corrected chi connectivity index (χ1v) is 13.8. The van der Waals surface area contributed by atoms with Crippen LogP contribution in [-0.2, 0) is 14.4 Å². The molecule has 0 saturated carbocycles. The molecule has 0 rings (SSSR count). The Bertz CT molecular complexity index is 494. The molecule has 0 aromatic carbocycles. The number of carbonyl (C=O) groups excluding carboxylic acids is 3. The van der Waals surface area contributed by atoms with Gasteiger partial charge in [0, 0.05) is 17.9 Å². The number of aliphatic carboxylic acids is 3. The third kappa shape index (κ3) is 61.1. The molecule has 218 valence electrons. The first kappa shape index (κ1) is 48.6. The summed E-state index contributed by atoms with van der Waals surface area (Å²) in [5.74, 6) is -2.78. The van der Waals surface area contributed by atoms with E-state index >= 15 is 0 Å². The molecule has 0 aliphatic rings. The Kier molecular flexibility index (Phi) is 35.9. The minimum absolute atomic E-state index is 0. The number of carbonyl (C=O) groups is 3. The van der Waals surface area contributed by atoms with Crippen LogP contribution in [0, 0.1) is 16.2 Å². The Morgan fingerprint density at radius 2 is 0.605 bits per heavy atom. The molecule has 0 atom stereocenters. The van der Waals surface area contributed by atoms with Crippen LogP contribution in [0.2, 0.25) is 0 Å². The predicted octanol–water partition coefficient (Wildman–Crippen LogP) is 1.82. The maximum absolute atomic E-state index is 10.0. The maximum Gasteiger partial charge on any atom is 3.00 e. The summed E-state index contributed by atoms with van der Waals surface area (Å²) in [6, 6.07) is 0. The van der Waals surface area contributed by atoms with E-state index < -0.39 is 17.9 Å². The van der Waals surface area contributed by atoms with Crippen molar-refractivity contribution in [1.82, 2.24) is 0 Å². The Balaban J connectivity index is -0.000000140. The minimum atomic E-state index is -0.925. The van der Waals surface area contributed by atoms with Gasteiger partial charge in [-0.2, -0.15) is 0 Å². The molecular formula is C30H57BiKO6+. The second-order valence-corrected chi connectivity index (χ2v) is 13.5. The zero-order valence-electron chi connectivity index (χ0n) is 26.5. The van der Waals surface area contributed by atoms with Gasteiger partial charge in [0.15, 0.2) is 0 Å². The van der Waals surface area contributed by atoms with E-state index in [4.69, 9.17) is 0 Å². The van der Waals surface area contributed by atoms with Crippen LogP contribution < -0.4 is 66.7 Å². The summed E-state index contributed by atoms with van der Waals surface area (Å²) in [4.78, 5) is 30.1. The summed E-state index contributed by atoms with van der Waals surface area (Å²) in [7, 11) is 0. The largest absolute Gasteiger partial charge is 3.00 e. The van der Waals surface area contributed by atoms with Crippen LogP contribution in [0.3, 0.4) is 0 Å². The molecule has 0 saturated heterocycles. The molecule has 8 heteroatoms. The quantitative estimate of drug-likeness (QED) is 0.186. The van der Waals surface area contributed by atoms with Gasteiger partial charge in [0.2, 0.25) is 0 Å². The number of hydrogen-bond donors (Lipinski definition) is 0. The fourth-order valence-electron chi connectivity index (χ4n) is 3.30. The molecule has 0 spiro atoms. The second kappa shape index (κ2) is 28.1. The molecule has 2 radical (unpaired) electrons. The van der Waals surface area contributed by atoms with Gasteiger partial charge in [-0.1, -0.05) is 101 Å². The summed E-state index contributed by atoms with van der Waals surface area (Å²) in [5.41, 5.74) is 1.13. The molecule has 0 aliphatic carbocycles. The summed E-state index contributed by atoms with van der Waals surface area (Å²) in [6.07, 6.45) is 12.8. The van der Waals surface area contributed by atoms with Crippen molar-refractivity contribution in [3.8, 4) is 0 Å². The van der Waals surface area contributed by atoms with Gasteiger partial charge in [-0.25, -0.2) is 0 Å². The number of rotatable bonds is 15. The number of carboxylic acid groups (broad SMARTS) is 3. The minimum Gasteiger partial charge on any atom is -0.550 e. The molecule has 0 aromatic heterocycles. The van der Waals surface area contributed by atoms with Crippen LogP contribution in [0.25, 0.3) is 0 Å². The topological polar surface area (TPSA) is 120 Å². The van der Waals surface area contributed by atoms with E-state index in [2.05, 4.69) is 62.3 Å². The molecule has 38 heavy (non-hydrogen) atoms. The molecule has 6 nitrogen and oxygen atoms in total. The van der Waals surface area contributed by atoms with Crippen molar-refractivity contribution in [2.75, 3.05) is 0 Å². The Labute approximate surface area is 296 Å². The molecule has 0 N–H and O–H groups in total. The third-order valence-electron chi connectivity index (χ3n) is 5.42. The van der Waals surface area contributed by atoms with Gasteiger partial charge in [-0.15, -0.1) is 0 Å². The zero-order chi connectivity index (χ0) is 28.8. The molecular weight excluding hydrogens is 704 g/mol. The van der Waals surface area contributed by atoms with Gasteiger partial charge in [-0.05, 0) is 74.0 Å². The first-order valence-electron chi connectivity index (χ1n) is 13.8. The Morgan fingerprint density at radius 3 is 0.737 bits per heavy atom. The van der Waals surface area contributed by atoms with Gasteiger partial charge in [0.25, 0.3) is 0 Å². The molecule has 0 heterocycles. The van der Waals surface area contributed by atoms with Crippen molar-refractivity contribution in [2.45, 2.75) is 159 Å². The molecule has 0 aliphatic heterocycles. The molecule has 0 amide bonds. The van der Waals surface area contributed by atoms with Crippen LogP contribution in [0.5, 0.6) is 0 Å². The summed E-state index contributed by atoms with van der Waals surface area (Å²) in [6.45, 7) is 19.8. The molecule has 0 unspecified atom stereocenters. The molecule has 0 bridgehead atoms. The number of hydrogen-bond acceptors (Lipinski definition) is 6. The normalized spacial score (nSPS) is 11.0. The zero-order valence-corrected chi connectivity index (χ0v) is 33.1. The van der Waals surface area contributed by atoms with Crippen molar-refractivity contribution in [3.63, 3.8) is 0 Å². The van der Waals surface area contributed by atoms with E-state index in [0.717, 1.165) is 57.8 Å². The van der Waals surface area contributed by atoms with Gasteiger partial charge >= 0.3 is 77.6 Å². The van der Waals surface area contributed by atoms with E-state index in [9.17, 15) is 29.7 Å². The Hall–Kier alpha value is 0.929. The van der Waals surface area contributed by atoms with Gasteiger partial charge in [0.1, 0.15) is 0 Å². The van der Waals surface area contributed by atoms with E-state index in [0.29, 0.717) is 16.2 Å². The van der Waals surface area contributed by atoms with Crippen molar-refractivity contribution >= 4 is 44.1 Å². The molecule has 0 aromatic rings. The monoisotopic (exact) mass is 761 g/mol. The fourth-order valence-corrected chi connectivity index (χ4v) is 3.30. The second-order valence-electron chi connectivity index (χ2n) is 13.5. The summed E-state index contributed by atoms with van der Waals surface area (Å²) in [5, 5.41) is 30.1.